The van der Waals surface area contributed by atoms with Crippen LogP contribution in [0.25, 0.3) is 0 Å². The van der Waals surface area contributed by atoms with Crippen LogP contribution >= 0.6 is 23.2 Å². The molecule has 1 heterocycles. The van der Waals surface area contributed by atoms with Gasteiger partial charge in [-0.3, -0.25) is 4.79 Å². The molecule has 6 nitrogen and oxygen atoms in total. The van der Waals surface area contributed by atoms with Crippen LogP contribution in [0.15, 0.2) is 95.9 Å². The quantitative estimate of drug-likeness (QED) is 0.236. The highest BCUT2D eigenvalue weighted by atomic mass is 35.5. The smallest absolute Gasteiger partial charge is 0.253 e. The van der Waals surface area contributed by atoms with Crippen molar-refractivity contribution in [2.75, 3.05) is 13.1 Å². The van der Waals surface area contributed by atoms with Gasteiger partial charge in [-0.15, -0.1) is 0 Å². The molecule has 0 bridgehead atoms. The van der Waals surface area contributed by atoms with E-state index in [4.69, 9.17) is 23.2 Å². The van der Waals surface area contributed by atoms with Crippen molar-refractivity contribution < 1.29 is 22.7 Å². The molecule has 10 heteroatoms. The van der Waals surface area contributed by atoms with E-state index in [1.54, 1.807) is 24.3 Å². The highest BCUT2D eigenvalue weighted by molar-refractivity contribution is 7.89. The number of phenolic OH excluding ortho intramolecular Hbond substituents is 1. The van der Waals surface area contributed by atoms with Gasteiger partial charge in [-0.25, -0.2) is 12.8 Å². The Morgan fingerprint density at radius 2 is 1.54 bits per heavy atom. The first kappa shape index (κ1) is 29.1. The third-order valence-corrected chi connectivity index (χ3v) is 9.50. The van der Waals surface area contributed by atoms with Gasteiger partial charge < -0.3 is 10.0 Å². The largest absolute Gasteiger partial charge is 0.505 e. The van der Waals surface area contributed by atoms with Crippen molar-refractivity contribution in [3.05, 3.63) is 129 Å². The monoisotopic (exact) mass is 612 g/mol. The number of amides is 1. The van der Waals surface area contributed by atoms with Crippen molar-refractivity contribution >= 4 is 39.1 Å². The van der Waals surface area contributed by atoms with Crippen molar-refractivity contribution in [3.8, 4) is 5.75 Å². The summed E-state index contributed by atoms with van der Waals surface area (Å²) in [5.74, 6) is -0.846. The SMILES string of the molecule is O=C(c1ccc(CN(Cc2ccc(F)cc2)S(=O)(=O)c2cc(Cl)cc(Cl)c2O)cc1)N1CCC(c2ccccc2)C1. The molecule has 1 unspecified atom stereocenters. The summed E-state index contributed by atoms with van der Waals surface area (Å²) >= 11 is 12.1. The first-order valence-electron chi connectivity index (χ1n) is 13.0. The summed E-state index contributed by atoms with van der Waals surface area (Å²) in [7, 11) is -4.31. The number of sulfonamides is 1. The summed E-state index contributed by atoms with van der Waals surface area (Å²) in [5.41, 5.74) is 2.88. The molecule has 0 radical (unpaired) electrons. The first-order valence-corrected chi connectivity index (χ1v) is 15.2. The number of carbonyl (C=O) groups excluding carboxylic acids is 1. The number of carbonyl (C=O) groups is 1. The lowest BCUT2D eigenvalue weighted by molar-refractivity contribution is 0.0790. The van der Waals surface area contributed by atoms with Crippen molar-refractivity contribution in [3.63, 3.8) is 0 Å². The lowest BCUT2D eigenvalue weighted by Gasteiger charge is -2.24. The maximum Gasteiger partial charge on any atom is 0.253 e. The summed E-state index contributed by atoms with van der Waals surface area (Å²) < 4.78 is 42.1. The van der Waals surface area contributed by atoms with Gasteiger partial charge in [0.05, 0.1) is 5.02 Å². The van der Waals surface area contributed by atoms with Crippen LogP contribution in [0.5, 0.6) is 5.75 Å². The highest BCUT2D eigenvalue weighted by Gasteiger charge is 2.30. The minimum absolute atomic E-state index is 0.0485. The van der Waals surface area contributed by atoms with Crippen LogP contribution in [-0.2, 0) is 23.1 Å². The average Bonchev–Trinajstić information content (AvgIpc) is 3.47. The molecule has 1 atom stereocenters. The summed E-state index contributed by atoms with van der Waals surface area (Å²) in [4.78, 5) is 14.6. The van der Waals surface area contributed by atoms with E-state index in [0.717, 1.165) is 16.8 Å². The lowest BCUT2D eigenvalue weighted by atomic mass is 9.99. The topological polar surface area (TPSA) is 77.9 Å². The fourth-order valence-corrected chi connectivity index (χ4v) is 7.14. The van der Waals surface area contributed by atoms with Crippen molar-refractivity contribution in [1.82, 2.24) is 9.21 Å². The third-order valence-electron chi connectivity index (χ3n) is 7.19. The van der Waals surface area contributed by atoms with E-state index < -0.39 is 26.5 Å². The summed E-state index contributed by atoms with van der Waals surface area (Å²) in [6.45, 7) is 1.11. The van der Waals surface area contributed by atoms with Gasteiger partial charge in [0.1, 0.15) is 10.7 Å². The highest BCUT2D eigenvalue weighted by Crippen LogP contribution is 2.36. The Morgan fingerprint density at radius 1 is 0.927 bits per heavy atom. The zero-order valence-electron chi connectivity index (χ0n) is 21.9. The number of hydrogen-bond donors (Lipinski definition) is 1. The van der Waals surface area contributed by atoms with E-state index >= 15 is 0 Å². The van der Waals surface area contributed by atoms with Crippen LogP contribution < -0.4 is 0 Å². The zero-order chi connectivity index (χ0) is 29.1. The Morgan fingerprint density at radius 3 is 2.17 bits per heavy atom. The van der Waals surface area contributed by atoms with Crippen molar-refractivity contribution in [2.24, 2.45) is 0 Å². The maximum atomic E-state index is 13.7. The molecule has 0 aromatic heterocycles. The van der Waals surface area contributed by atoms with E-state index in [1.165, 1.54) is 35.9 Å². The predicted octanol–water partition coefficient (Wildman–Crippen LogP) is 6.86. The van der Waals surface area contributed by atoms with E-state index in [0.29, 0.717) is 35.7 Å². The van der Waals surface area contributed by atoms with E-state index in [2.05, 4.69) is 12.1 Å². The fraction of sp³-hybridized carbons (Fsp3) is 0.194. The second-order valence-electron chi connectivity index (χ2n) is 9.98. The number of likely N-dealkylation sites (tertiary alicyclic amines) is 1. The fourth-order valence-electron chi connectivity index (χ4n) is 4.98. The molecule has 0 aliphatic carbocycles. The second-order valence-corrected chi connectivity index (χ2v) is 12.7. The molecule has 0 saturated carbocycles. The molecule has 0 spiro atoms. The maximum absolute atomic E-state index is 13.7. The van der Waals surface area contributed by atoms with Crippen molar-refractivity contribution in [2.45, 2.75) is 30.3 Å². The molecule has 1 fully saturated rings. The molecule has 41 heavy (non-hydrogen) atoms. The van der Waals surface area contributed by atoms with Gasteiger partial charge in [-0.2, -0.15) is 4.31 Å². The molecule has 1 N–H and O–H groups in total. The van der Waals surface area contributed by atoms with Crippen LogP contribution in [0, 0.1) is 5.82 Å². The predicted molar refractivity (Wildman–Crippen MR) is 157 cm³/mol. The van der Waals surface area contributed by atoms with Crippen LogP contribution in [0.2, 0.25) is 10.0 Å². The molecule has 5 rings (SSSR count). The van der Waals surface area contributed by atoms with Crippen LogP contribution in [0.3, 0.4) is 0 Å². The Bertz CT molecular complexity index is 1650. The minimum Gasteiger partial charge on any atom is -0.505 e. The number of aromatic hydroxyl groups is 1. The zero-order valence-corrected chi connectivity index (χ0v) is 24.2. The standard InChI is InChI=1S/C31H27Cl2FN2O4S/c32-26-16-28(33)30(37)29(17-26)41(39,40)36(19-22-8-12-27(34)13-9-22)18-21-6-10-24(11-7-21)31(38)35-15-14-25(20-35)23-4-2-1-3-5-23/h1-13,16-17,25,37H,14-15,18-20H2. The van der Waals surface area contributed by atoms with Gasteiger partial charge in [0, 0.05) is 42.7 Å². The number of hydrogen-bond acceptors (Lipinski definition) is 4. The summed E-state index contributed by atoms with van der Waals surface area (Å²) in [5, 5.41) is 10.3. The number of rotatable bonds is 8. The van der Waals surface area contributed by atoms with Gasteiger partial charge >= 0.3 is 0 Å². The van der Waals surface area contributed by atoms with E-state index in [1.807, 2.05) is 23.1 Å². The van der Waals surface area contributed by atoms with Crippen LogP contribution in [0.4, 0.5) is 4.39 Å². The second kappa shape index (κ2) is 12.2. The lowest BCUT2D eigenvalue weighted by Crippen LogP contribution is -2.30. The first-order chi connectivity index (χ1) is 19.6. The van der Waals surface area contributed by atoms with Gasteiger partial charge in [0.15, 0.2) is 5.75 Å². The van der Waals surface area contributed by atoms with Crippen molar-refractivity contribution in [1.29, 1.82) is 0 Å². The molecule has 1 amide bonds. The number of nitrogens with zero attached hydrogens (tertiary/aromatic N) is 2. The Kier molecular flexibility index (Phi) is 8.66. The normalized spacial score (nSPS) is 15.4. The molecule has 1 saturated heterocycles. The number of benzene rings is 4. The molecular formula is C31H27Cl2FN2O4S. The van der Waals surface area contributed by atoms with Gasteiger partial charge in [0.2, 0.25) is 10.0 Å². The molecular weight excluding hydrogens is 586 g/mol. The molecule has 212 valence electrons. The molecule has 4 aromatic rings. The molecule has 1 aliphatic heterocycles. The molecule has 4 aromatic carbocycles. The van der Waals surface area contributed by atoms with Crippen LogP contribution in [-0.4, -0.2) is 41.7 Å². The van der Waals surface area contributed by atoms with Gasteiger partial charge in [0.25, 0.3) is 5.91 Å². The average molecular weight is 614 g/mol. The number of halogens is 3. The van der Waals surface area contributed by atoms with E-state index in [9.17, 15) is 22.7 Å². The number of phenols is 1. The Balaban J connectivity index is 1.37. The summed E-state index contributed by atoms with van der Waals surface area (Å²) in [6, 6.07) is 24.8. The van der Waals surface area contributed by atoms with Gasteiger partial charge in [-0.05, 0) is 59.5 Å². The summed E-state index contributed by atoms with van der Waals surface area (Å²) in [6.07, 6.45) is 0.893. The Hall–Kier alpha value is -3.43. The van der Waals surface area contributed by atoms with Gasteiger partial charge in [-0.1, -0.05) is 77.8 Å². The Labute approximate surface area is 248 Å². The minimum atomic E-state index is -4.31. The van der Waals surface area contributed by atoms with E-state index in [-0.39, 0.29) is 29.0 Å². The third kappa shape index (κ3) is 6.57. The van der Waals surface area contributed by atoms with Crippen LogP contribution in [0.1, 0.15) is 39.4 Å². The molecule has 1 aliphatic rings.